The van der Waals surface area contributed by atoms with Gasteiger partial charge in [-0.2, -0.15) is 5.26 Å². The van der Waals surface area contributed by atoms with E-state index in [2.05, 4.69) is 21.4 Å². The van der Waals surface area contributed by atoms with Crippen molar-refractivity contribution in [3.8, 4) is 11.9 Å². The van der Waals surface area contributed by atoms with E-state index in [1.165, 1.54) is 6.33 Å². The number of likely N-dealkylation sites (tertiary alicyclic amines) is 1. The van der Waals surface area contributed by atoms with E-state index in [1.54, 1.807) is 30.2 Å². The highest BCUT2D eigenvalue weighted by molar-refractivity contribution is 6.33. The molecule has 5 rings (SSSR count). The number of halogens is 1. The number of carbonyl (C=O) groups is 1. The Labute approximate surface area is 214 Å². The van der Waals surface area contributed by atoms with Gasteiger partial charge in [0.15, 0.2) is 0 Å². The third kappa shape index (κ3) is 5.05. The highest BCUT2D eigenvalue weighted by Gasteiger charge is 2.47. The Balaban J connectivity index is 1.26. The molecule has 3 aliphatic rings. The topological polar surface area (TPSA) is 119 Å². The number of nitrogens with one attached hydrogen (secondary N) is 1. The third-order valence-corrected chi connectivity index (χ3v) is 7.41. The van der Waals surface area contributed by atoms with Crippen LogP contribution in [0.25, 0.3) is 0 Å². The summed E-state index contributed by atoms with van der Waals surface area (Å²) in [5, 5.41) is 12.7. The lowest BCUT2D eigenvalue weighted by atomic mass is 9.84. The maximum absolute atomic E-state index is 12.7. The summed E-state index contributed by atoms with van der Waals surface area (Å²) in [6, 6.07) is 7.08. The number of fused-ring (bicyclic) bond motifs is 2. The molecule has 1 aromatic carbocycles. The van der Waals surface area contributed by atoms with Crippen molar-refractivity contribution in [1.29, 1.82) is 5.26 Å². The number of nitrogens with zero attached hydrogens (tertiary/aromatic N) is 4. The second-order valence-corrected chi connectivity index (χ2v) is 9.98. The zero-order valence-electron chi connectivity index (χ0n) is 20.2. The fourth-order valence-electron chi connectivity index (χ4n) is 4.69. The maximum atomic E-state index is 12.7. The van der Waals surface area contributed by atoms with Crippen LogP contribution in [-0.4, -0.2) is 72.7 Å². The molecule has 1 aromatic heterocycles. The first-order chi connectivity index (χ1) is 17.4. The number of hydrogen-bond acceptors (Lipinski definition) is 9. The van der Waals surface area contributed by atoms with Gasteiger partial charge in [0, 0.05) is 32.0 Å². The number of hydrogen-bond donors (Lipinski definition) is 1. The van der Waals surface area contributed by atoms with Crippen molar-refractivity contribution >= 4 is 29.2 Å². The molecule has 1 N–H and O–H groups in total. The van der Waals surface area contributed by atoms with Crippen molar-refractivity contribution in [2.75, 3.05) is 45.3 Å². The number of piperidine rings is 1. The SMILES string of the molecule is COC1(COC(=O)N2CC3COCC(C2)C3Oc2ncnc(Nc3ccc(C#N)cc3Cl)c2C)CC1. The second kappa shape index (κ2) is 10.1. The Kier molecular flexibility index (Phi) is 6.88. The minimum absolute atomic E-state index is 0.0129. The number of ether oxygens (including phenoxy) is 4. The monoisotopic (exact) mass is 513 g/mol. The first-order valence-corrected chi connectivity index (χ1v) is 12.3. The molecule has 3 heterocycles. The van der Waals surface area contributed by atoms with E-state index in [0.29, 0.717) is 54.3 Å². The molecule has 36 heavy (non-hydrogen) atoms. The number of amides is 1. The van der Waals surface area contributed by atoms with Gasteiger partial charge in [0.1, 0.15) is 30.5 Å². The zero-order valence-corrected chi connectivity index (χ0v) is 21.0. The fraction of sp³-hybridized carbons (Fsp3) is 0.520. The minimum atomic E-state index is -0.322. The Morgan fingerprint density at radius 1 is 1.31 bits per heavy atom. The molecule has 3 fully saturated rings. The van der Waals surface area contributed by atoms with Gasteiger partial charge in [-0.05, 0) is 38.0 Å². The quantitative estimate of drug-likeness (QED) is 0.591. The summed E-state index contributed by atoms with van der Waals surface area (Å²) in [7, 11) is 1.65. The molecule has 10 nitrogen and oxygen atoms in total. The number of methoxy groups -OCH3 is 1. The molecule has 1 aliphatic carbocycles. The molecule has 11 heteroatoms. The normalized spacial score (nSPS) is 23.9. The molecule has 2 unspecified atom stereocenters. The molecule has 2 aromatic rings. The molecular weight excluding hydrogens is 486 g/mol. The van der Waals surface area contributed by atoms with Crippen molar-refractivity contribution < 1.29 is 23.7 Å². The Bertz CT molecular complexity index is 1170. The van der Waals surface area contributed by atoms with Crippen LogP contribution in [0.2, 0.25) is 5.02 Å². The number of benzene rings is 1. The van der Waals surface area contributed by atoms with Gasteiger partial charge in [0.05, 0.1) is 41.1 Å². The second-order valence-electron chi connectivity index (χ2n) is 9.57. The van der Waals surface area contributed by atoms with Gasteiger partial charge < -0.3 is 29.2 Å². The number of nitriles is 1. The maximum Gasteiger partial charge on any atom is 0.409 e. The van der Waals surface area contributed by atoms with Crippen molar-refractivity contribution in [3.63, 3.8) is 0 Å². The number of carbonyl (C=O) groups excluding carboxylic acids is 1. The van der Waals surface area contributed by atoms with Crippen LogP contribution >= 0.6 is 11.6 Å². The lowest BCUT2D eigenvalue weighted by molar-refractivity contribution is -0.111. The van der Waals surface area contributed by atoms with E-state index in [1.807, 2.05) is 6.92 Å². The lowest BCUT2D eigenvalue weighted by Gasteiger charge is -2.46. The molecular formula is C25H28ClN5O5. The average molecular weight is 514 g/mol. The van der Waals surface area contributed by atoms with Crippen molar-refractivity contribution in [3.05, 3.63) is 40.7 Å². The van der Waals surface area contributed by atoms with Crippen LogP contribution < -0.4 is 10.1 Å². The highest BCUT2D eigenvalue weighted by atomic mass is 35.5. The Morgan fingerprint density at radius 3 is 2.69 bits per heavy atom. The Morgan fingerprint density at radius 2 is 2.06 bits per heavy atom. The Hall–Kier alpha value is -3.13. The minimum Gasteiger partial charge on any atom is -0.473 e. The zero-order chi connectivity index (χ0) is 25.3. The standard InChI is InChI=1S/C25H28ClN5O5/c1-15-22(30-20-4-3-16(8-27)7-19(20)26)28-14-29-23(15)36-21-17-9-31(10-18(21)12-34-11-17)24(32)35-13-25(33-2)5-6-25/h3-4,7,14,17-18,21H,5-6,9-13H2,1-2H3,(H,28,29,30). The molecule has 0 radical (unpaired) electrons. The molecule has 1 saturated carbocycles. The molecule has 0 spiro atoms. The van der Waals surface area contributed by atoms with Gasteiger partial charge in [-0.1, -0.05) is 11.6 Å². The lowest BCUT2D eigenvalue weighted by Crippen LogP contribution is -2.58. The van der Waals surface area contributed by atoms with Crippen LogP contribution in [0, 0.1) is 30.1 Å². The summed E-state index contributed by atoms with van der Waals surface area (Å²) < 4.78 is 23.2. The predicted octanol–water partition coefficient (Wildman–Crippen LogP) is 3.69. The van der Waals surface area contributed by atoms with Crippen LogP contribution in [0.15, 0.2) is 24.5 Å². The van der Waals surface area contributed by atoms with Gasteiger partial charge in [0.2, 0.25) is 5.88 Å². The van der Waals surface area contributed by atoms with Gasteiger partial charge >= 0.3 is 6.09 Å². The summed E-state index contributed by atoms with van der Waals surface area (Å²) in [6.45, 7) is 4.10. The molecule has 190 valence electrons. The van der Waals surface area contributed by atoms with Crippen LogP contribution in [0.4, 0.5) is 16.3 Å². The first kappa shape index (κ1) is 24.6. The predicted molar refractivity (Wildman–Crippen MR) is 130 cm³/mol. The van der Waals surface area contributed by atoms with E-state index in [4.69, 9.17) is 35.8 Å². The summed E-state index contributed by atoms with van der Waals surface area (Å²) in [4.78, 5) is 23.2. The molecule has 2 aliphatic heterocycles. The summed E-state index contributed by atoms with van der Waals surface area (Å²) in [5.41, 5.74) is 1.53. The van der Waals surface area contributed by atoms with Crippen molar-refractivity contribution in [2.24, 2.45) is 11.8 Å². The third-order valence-electron chi connectivity index (χ3n) is 7.10. The molecule has 1 amide bonds. The van der Waals surface area contributed by atoms with Crippen LogP contribution in [0.3, 0.4) is 0 Å². The fourth-order valence-corrected chi connectivity index (χ4v) is 4.92. The molecule has 2 saturated heterocycles. The van der Waals surface area contributed by atoms with Gasteiger partial charge in [-0.25, -0.2) is 14.8 Å². The number of aromatic nitrogens is 2. The first-order valence-electron chi connectivity index (χ1n) is 11.9. The van der Waals surface area contributed by atoms with E-state index >= 15 is 0 Å². The number of anilines is 2. The van der Waals surface area contributed by atoms with Crippen molar-refractivity contribution in [2.45, 2.75) is 31.5 Å². The smallest absolute Gasteiger partial charge is 0.409 e. The molecule has 2 bridgehead atoms. The van der Waals surface area contributed by atoms with E-state index in [9.17, 15) is 4.79 Å². The summed E-state index contributed by atoms with van der Waals surface area (Å²) >= 11 is 6.32. The van der Waals surface area contributed by atoms with E-state index in [0.717, 1.165) is 18.4 Å². The highest BCUT2D eigenvalue weighted by Crippen LogP contribution is 2.39. The van der Waals surface area contributed by atoms with E-state index in [-0.39, 0.29) is 36.2 Å². The summed E-state index contributed by atoms with van der Waals surface area (Å²) in [5.74, 6) is 0.995. The number of rotatable bonds is 7. The average Bonchev–Trinajstić information content (AvgIpc) is 3.66. The van der Waals surface area contributed by atoms with E-state index < -0.39 is 0 Å². The van der Waals surface area contributed by atoms with Gasteiger partial charge in [-0.3, -0.25) is 0 Å². The largest absolute Gasteiger partial charge is 0.473 e. The molecule has 2 atom stereocenters. The van der Waals surface area contributed by atoms with Gasteiger partial charge in [-0.15, -0.1) is 0 Å². The van der Waals surface area contributed by atoms with Crippen molar-refractivity contribution in [1.82, 2.24) is 14.9 Å². The van der Waals surface area contributed by atoms with Crippen LogP contribution in [0.1, 0.15) is 24.0 Å². The summed E-state index contributed by atoms with van der Waals surface area (Å²) in [6.07, 6.45) is 2.79. The van der Waals surface area contributed by atoms with Crippen LogP contribution in [-0.2, 0) is 14.2 Å². The van der Waals surface area contributed by atoms with Crippen LogP contribution in [0.5, 0.6) is 5.88 Å². The van der Waals surface area contributed by atoms with Gasteiger partial charge in [0.25, 0.3) is 0 Å².